The Hall–Kier alpha value is -1.79. The Bertz CT molecular complexity index is 351. The Morgan fingerprint density at radius 1 is 1.20 bits per heavy atom. The minimum absolute atomic E-state index is 0.0294. The van der Waals surface area contributed by atoms with Crippen LogP contribution in [-0.2, 0) is 14.3 Å². The fraction of sp³-hybridized carbons (Fsp3) is 0.769. The molecule has 0 aromatic heterocycles. The number of nitrogens with one attached hydrogen (secondary N) is 1. The molecule has 1 rings (SSSR count). The number of aliphatic carboxylic acids is 1. The first-order valence-corrected chi connectivity index (χ1v) is 6.89. The Labute approximate surface area is 118 Å². The van der Waals surface area contributed by atoms with Crippen LogP contribution in [0.2, 0.25) is 0 Å². The molecule has 1 unspecified atom stereocenters. The second-order valence-corrected chi connectivity index (χ2v) is 4.86. The Morgan fingerprint density at radius 3 is 2.30 bits per heavy atom. The first-order chi connectivity index (χ1) is 9.54. The number of likely N-dealkylation sites (tertiary alicyclic amines) is 1. The van der Waals surface area contributed by atoms with Crippen molar-refractivity contribution in [2.24, 2.45) is 0 Å². The molecule has 0 spiro atoms. The lowest BCUT2D eigenvalue weighted by atomic mass is 10.1. The highest BCUT2D eigenvalue weighted by Crippen LogP contribution is 2.10. The van der Waals surface area contributed by atoms with Crippen molar-refractivity contribution in [1.82, 2.24) is 10.2 Å². The van der Waals surface area contributed by atoms with E-state index in [2.05, 4.69) is 10.1 Å². The molecule has 114 valence electrons. The van der Waals surface area contributed by atoms with Crippen molar-refractivity contribution < 1.29 is 24.2 Å². The summed E-state index contributed by atoms with van der Waals surface area (Å²) in [4.78, 5) is 35.8. The van der Waals surface area contributed by atoms with Gasteiger partial charge >= 0.3 is 18.0 Å². The molecular formula is C13H22N2O5. The minimum atomic E-state index is -1.14. The molecule has 20 heavy (non-hydrogen) atoms. The lowest BCUT2D eigenvalue weighted by molar-refractivity contribution is -0.142. The van der Waals surface area contributed by atoms with Gasteiger partial charge in [0.25, 0.3) is 0 Å². The number of carboxylic acids is 1. The highest BCUT2D eigenvalue weighted by molar-refractivity contribution is 5.83. The van der Waals surface area contributed by atoms with Crippen LogP contribution in [0.15, 0.2) is 0 Å². The molecule has 2 N–H and O–H groups in total. The van der Waals surface area contributed by atoms with Crippen molar-refractivity contribution >= 4 is 18.0 Å². The number of hydrogen-bond acceptors (Lipinski definition) is 4. The quantitative estimate of drug-likeness (QED) is 0.734. The van der Waals surface area contributed by atoms with E-state index >= 15 is 0 Å². The molecule has 7 nitrogen and oxygen atoms in total. The van der Waals surface area contributed by atoms with Gasteiger partial charge < -0.3 is 20.1 Å². The van der Waals surface area contributed by atoms with Crippen molar-refractivity contribution in [2.45, 2.75) is 44.6 Å². The third-order valence-corrected chi connectivity index (χ3v) is 3.35. The summed E-state index contributed by atoms with van der Waals surface area (Å²) in [5.74, 6) is -1.63. The van der Waals surface area contributed by atoms with Crippen LogP contribution in [0.4, 0.5) is 4.79 Å². The van der Waals surface area contributed by atoms with Gasteiger partial charge in [-0.25, -0.2) is 9.59 Å². The van der Waals surface area contributed by atoms with Gasteiger partial charge in [-0.15, -0.1) is 0 Å². The second kappa shape index (κ2) is 8.39. The van der Waals surface area contributed by atoms with Gasteiger partial charge in [-0.1, -0.05) is 12.8 Å². The molecule has 0 aromatic rings. The van der Waals surface area contributed by atoms with E-state index < -0.39 is 18.0 Å². The monoisotopic (exact) mass is 286 g/mol. The maximum Gasteiger partial charge on any atom is 0.326 e. The van der Waals surface area contributed by atoms with Crippen LogP contribution in [-0.4, -0.2) is 54.2 Å². The number of ether oxygens (including phenoxy) is 1. The zero-order valence-corrected chi connectivity index (χ0v) is 11.8. The molecule has 0 bridgehead atoms. The third kappa shape index (κ3) is 5.46. The first-order valence-electron chi connectivity index (χ1n) is 6.89. The molecule has 7 heteroatoms. The molecule has 0 aliphatic carbocycles. The topological polar surface area (TPSA) is 95.9 Å². The van der Waals surface area contributed by atoms with Crippen LogP contribution in [0.3, 0.4) is 0 Å². The average Bonchev–Trinajstić information content (AvgIpc) is 2.71. The van der Waals surface area contributed by atoms with Crippen LogP contribution >= 0.6 is 0 Å². The lowest BCUT2D eigenvalue weighted by Crippen LogP contribution is -2.48. The number of carboxylic acid groups (broad SMARTS) is 1. The normalized spacial score (nSPS) is 16.9. The highest BCUT2D eigenvalue weighted by Gasteiger charge is 2.24. The average molecular weight is 286 g/mol. The van der Waals surface area contributed by atoms with Crippen LogP contribution in [0.1, 0.15) is 38.5 Å². The van der Waals surface area contributed by atoms with Crippen LogP contribution in [0.25, 0.3) is 0 Å². The van der Waals surface area contributed by atoms with Crippen LogP contribution < -0.4 is 5.32 Å². The highest BCUT2D eigenvalue weighted by atomic mass is 16.5. The third-order valence-electron chi connectivity index (χ3n) is 3.35. The molecular weight excluding hydrogens is 264 g/mol. The summed E-state index contributed by atoms with van der Waals surface area (Å²) in [6, 6.07) is -1.44. The molecule has 1 fully saturated rings. The fourth-order valence-corrected chi connectivity index (χ4v) is 2.14. The van der Waals surface area contributed by atoms with Gasteiger partial charge in [0.2, 0.25) is 0 Å². The number of hydrogen-bond donors (Lipinski definition) is 2. The number of methoxy groups -OCH3 is 1. The molecule has 2 amide bonds. The minimum Gasteiger partial charge on any atom is -0.480 e. The molecule has 1 heterocycles. The van der Waals surface area contributed by atoms with E-state index in [9.17, 15) is 14.4 Å². The maximum atomic E-state index is 12.0. The van der Waals surface area contributed by atoms with Gasteiger partial charge in [-0.05, 0) is 19.3 Å². The largest absolute Gasteiger partial charge is 0.480 e. The predicted molar refractivity (Wildman–Crippen MR) is 71.2 cm³/mol. The van der Waals surface area contributed by atoms with Crippen molar-refractivity contribution in [3.05, 3.63) is 0 Å². The number of rotatable bonds is 5. The van der Waals surface area contributed by atoms with E-state index in [1.165, 1.54) is 7.11 Å². The number of nitrogens with zero attached hydrogens (tertiary/aromatic N) is 1. The summed E-state index contributed by atoms with van der Waals surface area (Å²) in [7, 11) is 1.24. The van der Waals surface area contributed by atoms with E-state index in [-0.39, 0.29) is 18.9 Å². The van der Waals surface area contributed by atoms with E-state index in [1.54, 1.807) is 4.90 Å². The van der Waals surface area contributed by atoms with Crippen molar-refractivity contribution in [1.29, 1.82) is 0 Å². The van der Waals surface area contributed by atoms with E-state index in [4.69, 9.17) is 5.11 Å². The number of urea groups is 1. The smallest absolute Gasteiger partial charge is 0.326 e. The van der Waals surface area contributed by atoms with Crippen LogP contribution in [0, 0.1) is 0 Å². The van der Waals surface area contributed by atoms with Gasteiger partial charge in [0, 0.05) is 19.5 Å². The molecule has 1 saturated heterocycles. The number of amides is 2. The van der Waals surface area contributed by atoms with E-state index in [0.29, 0.717) is 13.1 Å². The van der Waals surface area contributed by atoms with E-state index in [1.807, 2.05) is 0 Å². The second-order valence-electron chi connectivity index (χ2n) is 4.86. The Balaban J connectivity index is 2.49. The lowest BCUT2D eigenvalue weighted by Gasteiger charge is -2.23. The maximum absolute atomic E-state index is 12.0. The Kier molecular flexibility index (Phi) is 6.83. The zero-order chi connectivity index (χ0) is 15.0. The standard InChI is InChI=1S/C13H22N2O5/c1-20-11(16)7-6-10(12(17)18)14-13(19)15-8-4-2-3-5-9-15/h10H,2-9H2,1H3,(H,14,19)(H,17,18). The van der Waals surface area contributed by atoms with Gasteiger partial charge in [0.15, 0.2) is 0 Å². The summed E-state index contributed by atoms with van der Waals surface area (Å²) in [5.41, 5.74) is 0. The summed E-state index contributed by atoms with van der Waals surface area (Å²) in [5, 5.41) is 11.5. The van der Waals surface area contributed by atoms with Gasteiger partial charge in [0.05, 0.1) is 7.11 Å². The number of carbonyl (C=O) groups is 3. The predicted octanol–water partition coefficient (Wildman–Crippen LogP) is 0.978. The SMILES string of the molecule is COC(=O)CCC(NC(=O)N1CCCCCC1)C(=O)O. The van der Waals surface area contributed by atoms with Gasteiger partial charge in [-0.3, -0.25) is 4.79 Å². The number of esters is 1. The van der Waals surface area contributed by atoms with Gasteiger partial charge in [-0.2, -0.15) is 0 Å². The summed E-state index contributed by atoms with van der Waals surface area (Å²) in [6.07, 6.45) is 4.05. The van der Waals surface area contributed by atoms with E-state index in [0.717, 1.165) is 25.7 Å². The van der Waals surface area contributed by atoms with Crippen molar-refractivity contribution in [3.63, 3.8) is 0 Å². The molecule has 0 saturated carbocycles. The summed E-state index contributed by atoms with van der Waals surface area (Å²) >= 11 is 0. The molecule has 0 radical (unpaired) electrons. The zero-order valence-electron chi connectivity index (χ0n) is 11.8. The van der Waals surface area contributed by atoms with Crippen molar-refractivity contribution in [3.8, 4) is 0 Å². The Morgan fingerprint density at radius 2 is 1.80 bits per heavy atom. The first kappa shape index (κ1) is 16.3. The molecule has 0 aromatic carbocycles. The number of carbonyl (C=O) groups excluding carboxylic acids is 2. The fourth-order valence-electron chi connectivity index (χ4n) is 2.14. The van der Waals surface area contributed by atoms with Gasteiger partial charge in [0.1, 0.15) is 6.04 Å². The molecule has 1 atom stereocenters. The molecule has 1 aliphatic heterocycles. The van der Waals surface area contributed by atoms with Crippen LogP contribution in [0.5, 0.6) is 0 Å². The summed E-state index contributed by atoms with van der Waals surface area (Å²) in [6.45, 7) is 1.30. The molecule has 1 aliphatic rings. The van der Waals surface area contributed by atoms with Crippen molar-refractivity contribution in [2.75, 3.05) is 20.2 Å². The summed E-state index contributed by atoms with van der Waals surface area (Å²) < 4.78 is 4.46.